The predicted octanol–water partition coefficient (Wildman–Crippen LogP) is 5.42. The van der Waals surface area contributed by atoms with Crippen LogP contribution in [0.4, 0.5) is 5.69 Å². The third-order valence-corrected chi connectivity index (χ3v) is 4.99. The lowest BCUT2D eigenvalue weighted by Gasteiger charge is -2.13. The maximum atomic E-state index is 12.6. The van der Waals surface area contributed by atoms with E-state index in [0.29, 0.717) is 17.2 Å². The monoisotopic (exact) mass is 379 g/mol. The third kappa shape index (κ3) is 3.48. The minimum atomic E-state index is -0.234. The molecule has 1 aromatic heterocycles. The Hall–Kier alpha value is -3.21. The molecule has 0 aliphatic rings. The number of fused-ring (bicyclic) bond motifs is 1. The van der Waals surface area contributed by atoms with Crippen LogP contribution in [-0.2, 0) is 4.79 Å². The van der Waals surface area contributed by atoms with Crippen LogP contribution >= 0.6 is 0 Å². The van der Waals surface area contributed by atoms with Crippen molar-refractivity contribution >= 4 is 28.1 Å². The molecule has 1 heterocycles. The Labute approximate surface area is 164 Å². The van der Waals surface area contributed by atoms with Gasteiger partial charge in [-0.2, -0.15) is 0 Å². The summed E-state index contributed by atoms with van der Waals surface area (Å²) < 4.78 is 16.8. The lowest BCUT2D eigenvalue weighted by atomic mass is 9.98. The molecule has 28 heavy (non-hydrogen) atoms. The highest BCUT2D eigenvalue weighted by atomic mass is 16.5. The van der Waals surface area contributed by atoms with Crippen molar-refractivity contribution in [3.63, 3.8) is 0 Å². The number of nitrogens with one attached hydrogen (secondary N) is 1. The summed E-state index contributed by atoms with van der Waals surface area (Å²) in [5.74, 6) is 1.97. The van der Waals surface area contributed by atoms with E-state index in [1.54, 1.807) is 32.4 Å². The molecular formula is C23H25NO4. The van der Waals surface area contributed by atoms with Crippen LogP contribution in [0.25, 0.3) is 16.5 Å². The van der Waals surface area contributed by atoms with Crippen molar-refractivity contribution < 1.29 is 18.7 Å². The van der Waals surface area contributed by atoms with Gasteiger partial charge in [0.2, 0.25) is 5.91 Å². The molecule has 5 nitrogen and oxygen atoms in total. The summed E-state index contributed by atoms with van der Waals surface area (Å²) >= 11 is 0. The number of rotatable bonds is 5. The van der Waals surface area contributed by atoms with Crippen molar-refractivity contribution in [2.75, 3.05) is 19.5 Å². The van der Waals surface area contributed by atoms with Crippen LogP contribution in [0.15, 0.2) is 40.8 Å². The number of hydrogen-bond donors (Lipinski definition) is 1. The van der Waals surface area contributed by atoms with Gasteiger partial charge in [0.1, 0.15) is 22.8 Å². The second kappa shape index (κ2) is 7.80. The molecule has 2 aromatic carbocycles. The van der Waals surface area contributed by atoms with E-state index in [2.05, 4.69) is 5.32 Å². The number of methoxy groups -OCH3 is 2. The Kier molecular flexibility index (Phi) is 5.45. The molecule has 3 aromatic rings. The fraction of sp³-hybridized carbons (Fsp3) is 0.261. The molecule has 0 atom stereocenters. The van der Waals surface area contributed by atoms with E-state index < -0.39 is 0 Å². The van der Waals surface area contributed by atoms with Crippen LogP contribution in [0.2, 0.25) is 0 Å². The van der Waals surface area contributed by atoms with Gasteiger partial charge in [-0.15, -0.1) is 0 Å². The Morgan fingerprint density at radius 2 is 1.79 bits per heavy atom. The van der Waals surface area contributed by atoms with Crippen LogP contribution < -0.4 is 14.8 Å². The zero-order chi connectivity index (χ0) is 20.4. The summed E-state index contributed by atoms with van der Waals surface area (Å²) in [5.41, 5.74) is 5.12. The minimum Gasteiger partial charge on any atom is -0.496 e. The average molecular weight is 379 g/mol. The summed E-state index contributed by atoms with van der Waals surface area (Å²) in [6.07, 6.45) is 1.57. The number of benzene rings is 2. The SMILES string of the molecule is COc1ccccc1NC(=O)/C=C(\C)c1cc2c(C)c(C)oc2c(C)c1OC. The van der Waals surface area contributed by atoms with Crippen molar-refractivity contribution in [1.82, 2.24) is 0 Å². The first kappa shape index (κ1) is 19.5. The van der Waals surface area contributed by atoms with E-state index in [0.717, 1.165) is 39.0 Å². The zero-order valence-corrected chi connectivity index (χ0v) is 17.1. The second-order valence-corrected chi connectivity index (χ2v) is 6.76. The fourth-order valence-electron chi connectivity index (χ4n) is 3.36. The third-order valence-electron chi connectivity index (χ3n) is 4.99. The number of carbonyl (C=O) groups is 1. The largest absolute Gasteiger partial charge is 0.496 e. The van der Waals surface area contributed by atoms with Crippen LogP contribution in [-0.4, -0.2) is 20.1 Å². The van der Waals surface area contributed by atoms with Gasteiger partial charge in [-0.3, -0.25) is 4.79 Å². The first-order chi connectivity index (χ1) is 13.4. The number of ether oxygens (including phenoxy) is 2. The van der Waals surface area contributed by atoms with E-state index >= 15 is 0 Å². The number of allylic oxidation sites excluding steroid dienone is 1. The smallest absolute Gasteiger partial charge is 0.248 e. The Morgan fingerprint density at radius 3 is 2.46 bits per heavy atom. The molecule has 3 rings (SSSR count). The van der Waals surface area contributed by atoms with Gasteiger partial charge in [0, 0.05) is 22.6 Å². The fourth-order valence-corrected chi connectivity index (χ4v) is 3.36. The van der Waals surface area contributed by atoms with Crippen molar-refractivity contribution in [2.45, 2.75) is 27.7 Å². The minimum absolute atomic E-state index is 0.234. The number of carbonyl (C=O) groups excluding carboxylic acids is 1. The topological polar surface area (TPSA) is 60.7 Å². The van der Waals surface area contributed by atoms with Crippen LogP contribution in [0.1, 0.15) is 29.4 Å². The molecule has 1 N–H and O–H groups in total. The zero-order valence-electron chi connectivity index (χ0n) is 17.1. The van der Waals surface area contributed by atoms with Gasteiger partial charge in [-0.05, 0) is 57.0 Å². The molecule has 0 aliphatic heterocycles. The highest BCUT2D eigenvalue weighted by Crippen LogP contribution is 2.38. The van der Waals surface area contributed by atoms with Crippen LogP contribution in [0.5, 0.6) is 11.5 Å². The first-order valence-electron chi connectivity index (χ1n) is 9.07. The maximum Gasteiger partial charge on any atom is 0.248 e. The van der Waals surface area contributed by atoms with Gasteiger partial charge in [0.05, 0.1) is 19.9 Å². The number of furan rings is 1. The molecule has 0 bridgehead atoms. The van der Waals surface area contributed by atoms with Crippen molar-refractivity contribution in [2.24, 2.45) is 0 Å². The Bertz CT molecular complexity index is 1080. The number of aryl methyl sites for hydroxylation is 3. The molecule has 0 aliphatic carbocycles. The number of amides is 1. The molecular weight excluding hydrogens is 354 g/mol. The molecule has 0 spiro atoms. The van der Waals surface area contributed by atoms with Crippen LogP contribution in [0.3, 0.4) is 0 Å². The predicted molar refractivity (Wildman–Crippen MR) is 112 cm³/mol. The molecule has 1 amide bonds. The summed E-state index contributed by atoms with van der Waals surface area (Å²) in [6.45, 7) is 7.84. The Morgan fingerprint density at radius 1 is 1.07 bits per heavy atom. The number of anilines is 1. The highest BCUT2D eigenvalue weighted by Gasteiger charge is 2.18. The van der Waals surface area contributed by atoms with Crippen molar-refractivity contribution in [1.29, 1.82) is 0 Å². The second-order valence-electron chi connectivity index (χ2n) is 6.76. The molecule has 5 heteroatoms. The highest BCUT2D eigenvalue weighted by molar-refractivity contribution is 6.05. The van der Waals surface area contributed by atoms with Gasteiger partial charge in [-0.1, -0.05) is 12.1 Å². The number of hydrogen-bond acceptors (Lipinski definition) is 4. The summed E-state index contributed by atoms with van der Waals surface area (Å²) in [4.78, 5) is 12.6. The van der Waals surface area contributed by atoms with E-state index in [1.165, 1.54) is 0 Å². The molecule has 146 valence electrons. The summed E-state index contributed by atoms with van der Waals surface area (Å²) in [6, 6.07) is 9.33. The summed E-state index contributed by atoms with van der Waals surface area (Å²) in [7, 11) is 3.20. The molecule has 0 saturated carbocycles. The first-order valence-corrected chi connectivity index (χ1v) is 9.07. The van der Waals surface area contributed by atoms with Crippen LogP contribution in [0, 0.1) is 20.8 Å². The molecule has 0 fully saturated rings. The van der Waals surface area contributed by atoms with Gasteiger partial charge < -0.3 is 19.2 Å². The number of para-hydroxylation sites is 2. The van der Waals surface area contributed by atoms with E-state index in [1.807, 2.05) is 45.9 Å². The molecule has 0 unspecified atom stereocenters. The van der Waals surface area contributed by atoms with E-state index in [9.17, 15) is 4.79 Å². The van der Waals surface area contributed by atoms with Gasteiger partial charge in [0.25, 0.3) is 0 Å². The normalized spacial score (nSPS) is 11.6. The maximum absolute atomic E-state index is 12.6. The van der Waals surface area contributed by atoms with Crippen molar-refractivity contribution in [3.05, 3.63) is 58.9 Å². The van der Waals surface area contributed by atoms with E-state index in [-0.39, 0.29) is 5.91 Å². The Balaban J connectivity index is 2.01. The standard InChI is InChI=1S/C23H25NO4/c1-13(11-21(25)24-19-9-7-8-10-20(19)26-5)17-12-18-14(2)16(4)28-23(18)15(3)22(17)27-6/h7-12H,1-6H3,(H,24,25)/b13-11+. The van der Waals surface area contributed by atoms with E-state index in [4.69, 9.17) is 13.9 Å². The van der Waals surface area contributed by atoms with Gasteiger partial charge >= 0.3 is 0 Å². The summed E-state index contributed by atoms with van der Waals surface area (Å²) in [5, 5.41) is 3.90. The average Bonchev–Trinajstić information content (AvgIpc) is 2.96. The van der Waals surface area contributed by atoms with Crippen molar-refractivity contribution in [3.8, 4) is 11.5 Å². The lowest BCUT2D eigenvalue weighted by Crippen LogP contribution is -2.09. The molecule has 0 saturated heterocycles. The quantitative estimate of drug-likeness (QED) is 0.602. The lowest BCUT2D eigenvalue weighted by molar-refractivity contribution is -0.111. The van der Waals surface area contributed by atoms with Gasteiger partial charge in [-0.25, -0.2) is 0 Å². The van der Waals surface area contributed by atoms with Gasteiger partial charge in [0.15, 0.2) is 0 Å². The molecule has 0 radical (unpaired) electrons.